The maximum atomic E-state index is 11.8. The number of fused-ring (bicyclic) bond motifs is 1. The van der Waals surface area contributed by atoms with Gasteiger partial charge in [-0.3, -0.25) is 14.5 Å². The second kappa shape index (κ2) is 5.71. The number of esters is 1. The molecule has 6 heteroatoms. The van der Waals surface area contributed by atoms with Crippen molar-refractivity contribution in [1.82, 2.24) is 0 Å². The van der Waals surface area contributed by atoms with Crippen LogP contribution in [0.1, 0.15) is 12.5 Å². The van der Waals surface area contributed by atoms with Gasteiger partial charge in [0.25, 0.3) is 5.91 Å². The third-order valence-electron chi connectivity index (χ3n) is 2.80. The number of nitrogens with zero attached hydrogens (tertiary/aromatic N) is 1. The van der Waals surface area contributed by atoms with E-state index < -0.39 is 5.97 Å². The van der Waals surface area contributed by atoms with Crippen LogP contribution in [0.5, 0.6) is 5.75 Å². The van der Waals surface area contributed by atoms with Crippen LogP contribution in [-0.2, 0) is 20.9 Å². The molecule has 1 aliphatic heterocycles. The molecule has 0 atom stereocenters. The van der Waals surface area contributed by atoms with Gasteiger partial charge < -0.3 is 15.2 Å². The predicted octanol–water partition coefficient (Wildman–Crippen LogP) is 0.434. The lowest BCUT2D eigenvalue weighted by molar-refractivity contribution is -0.142. The highest BCUT2D eigenvalue weighted by Gasteiger charge is 2.27. The van der Waals surface area contributed by atoms with Crippen molar-refractivity contribution in [1.29, 1.82) is 0 Å². The third kappa shape index (κ3) is 2.85. The van der Waals surface area contributed by atoms with Crippen molar-refractivity contribution in [3.8, 4) is 5.75 Å². The third-order valence-corrected chi connectivity index (χ3v) is 2.80. The largest absolute Gasteiger partial charge is 0.482 e. The molecule has 2 N–H and O–H groups in total. The monoisotopic (exact) mass is 264 g/mol. The quantitative estimate of drug-likeness (QED) is 0.798. The molecular formula is C13H16N2O4. The van der Waals surface area contributed by atoms with Crippen molar-refractivity contribution in [3.63, 3.8) is 0 Å². The summed E-state index contributed by atoms with van der Waals surface area (Å²) in [5.41, 5.74) is 7.03. The average molecular weight is 264 g/mol. The Balaban J connectivity index is 2.25. The first-order chi connectivity index (χ1) is 9.15. The van der Waals surface area contributed by atoms with Crippen LogP contribution in [0.15, 0.2) is 18.2 Å². The maximum Gasteiger partial charge on any atom is 0.326 e. The number of benzene rings is 1. The number of hydrogen-bond donors (Lipinski definition) is 1. The molecule has 2 rings (SSSR count). The van der Waals surface area contributed by atoms with Crippen LogP contribution < -0.4 is 15.4 Å². The molecule has 0 fully saturated rings. The van der Waals surface area contributed by atoms with E-state index in [1.165, 1.54) is 4.90 Å². The zero-order valence-electron chi connectivity index (χ0n) is 10.7. The summed E-state index contributed by atoms with van der Waals surface area (Å²) < 4.78 is 10.2. The molecule has 1 heterocycles. The number of amides is 1. The van der Waals surface area contributed by atoms with Crippen molar-refractivity contribution < 1.29 is 19.1 Å². The first kappa shape index (κ1) is 13.4. The Morgan fingerprint density at radius 1 is 1.53 bits per heavy atom. The van der Waals surface area contributed by atoms with Crippen LogP contribution in [0.3, 0.4) is 0 Å². The minimum Gasteiger partial charge on any atom is -0.482 e. The summed E-state index contributed by atoms with van der Waals surface area (Å²) in [5, 5.41) is 0. The van der Waals surface area contributed by atoms with Gasteiger partial charge in [0.1, 0.15) is 12.3 Å². The van der Waals surface area contributed by atoms with Gasteiger partial charge in [0, 0.05) is 6.54 Å². The number of nitrogens with two attached hydrogens (primary N) is 1. The van der Waals surface area contributed by atoms with Crippen LogP contribution in [0.4, 0.5) is 5.69 Å². The minimum atomic E-state index is -0.438. The molecule has 6 nitrogen and oxygen atoms in total. The highest BCUT2D eigenvalue weighted by molar-refractivity contribution is 6.01. The van der Waals surface area contributed by atoms with Gasteiger partial charge in [-0.15, -0.1) is 0 Å². The highest BCUT2D eigenvalue weighted by atomic mass is 16.5. The Labute approximate surface area is 111 Å². The summed E-state index contributed by atoms with van der Waals surface area (Å²) in [7, 11) is 0. The lowest BCUT2D eigenvalue weighted by Gasteiger charge is -2.28. The molecular weight excluding hydrogens is 248 g/mol. The summed E-state index contributed by atoms with van der Waals surface area (Å²) in [5.74, 6) is -0.139. The molecule has 1 aliphatic rings. The first-order valence-corrected chi connectivity index (χ1v) is 6.07. The van der Waals surface area contributed by atoms with Gasteiger partial charge in [0.05, 0.1) is 12.3 Å². The number of rotatable bonds is 4. The molecule has 0 unspecified atom stereocenters. The van der Waals surface area contributed by atoms with E-state index in [1.807, 2.05) is 0 Å². The van der Waals surface area contributed by atoms with E-state index in [1.54, 1.807) is 25.1 Å². The van der Waals surface area contributed by atoms with Crippen molar-refractivity contribution in [2.75, 3.05) is 24.7 Å². The fraction of sp³-hybridized carbons (Fsp3) is 0.385. The predicted molar refractivity (Wildman–Crippen MR) is 68.8 cm³/mol. The lowest BCUT2D eigenvalue weighted by atomic mass is 10.1. The summed E-state index contributed by atoms with van der Waals surface area (Å²) in [4.78, 5) is 24.7. The van der Waals surface area contributed by atoms with Crippen LogP contribution >= 0.6 is 0 Å². The molecule has 0 bridgehead atoms. The van der Waals surface area contributed by atoms with Gasteiger partial charge in [-0.05, 0) is 24.6 Å². The van der Waals surface area contributed by atoms with Crippen LogP contribution in [0.25, 0.3) is 0 Å². The van der Waals surface area contributed by atoms with Crippen LogP contribution in [0, 0.1) is 0 Å². The van der Waals surface area contributed by atoms with E-state index in [-0.39, 0.29) is 25.7 Å². The van der Waals surface area contributed by atoms with Crippen molar-refractivity contribution in [2.45, 2.75) is 13.5 Å². The van der Waals surface area contributed by atoms with E-state index in [2.05, 4.69) is 0 Å². The molecule has 0 saturated heterocycles. The zero-order valence-corrected chi connectivity index (χ0v) is 10.7. The van der Waals surface area contributed by atoms with E-state index in [4.69, 9.17) is 15.2 Å². The summed E-state index contributed by atoms with van der Waals surface area (Å²) in [6.07, 6.45) is 0. The molecule has 102 valence electrons. The standard InChI is InChI=1S/C13H16N2O4/c1-2-18-13(17)7-15-10-4-3-9(6-14)5-11(10)19-8-12(15)16/h3-5H,2,6-8,14H2,1H3. The van der Waals surface area contributed by atoms with Crippen LogP contribution in [-0.4, -0.2) is 31.6 Å². The Morgan fingerprint density at radius 2 is 2.32 bits per heavy atom. The smallest absolute Gasteiger partial charge is 0.326 e. The van der Waals surface area contributed by atoms with Gasteiger partial charge >= 0.3 is 5.97 Å². The lowest BCUT2D eigenvalue weighted by Crippen LogP contribution is -2.42. The second-order valence-electron chi connectivity index (χ2n) is 4.08. The van der Waals surface area contributed by atoms with Gasteiger partial charge in [0.15, 0.2) is 6.61 Å². The van der Waals surface area contributed by atoms with Crippen LogP contribution in [0.2, 0.25) is 0 Å². The van der Waals surface area contributed by atoms with Gasteiger partial charge in [-0.25, -0.2) is 0 Å². The topological polar surface area (TPSA) is 81.9 Å². The molecule has 1 aromatic rings. The molecule has 0 saturated carbocycles. The van der Waals surface area contributed by atoms with E-state index in [0.29, 0.717) is 18.0 Å². The van der Waals surface area contributed by atoms with E-state index in [9.17, 15) is 9.59 Å². The van der Waals surface area contributed by atoms with Crippen molar-refractivity contribution in [3.05, 3.63) is 23.8 Å². The molecule has 1 aromatic carbocycles. The average Bonchev–Trinajstić information content (AvgIpc) is 2.41. The highest BCUT2D eigenvalue weighted by Crippen LogP contribution is 2.32. The number of hydrogen-bond acceptors (Lipinski definition) is 5. The summed E-state index contributed by atoms with van der Waals surface area (Å²) >= 11 is 0. The number of carbonyl (C=O) groups is 2. The second-order valence-corrected chi connectivity index (χ2v) is 4.08. The SMILES string of the molecule is CCOC(=O)CN1C(=O)COc2cc(CN)ccc21. The summed E-state index contributed by atoms with van der Waals surface area (Å²) in [6.45, 7) is 2.21. The Bertz CT molecular complexity index is 501. The molecule has 1 amide bonds. The van der Waals surface area contributed by atoms with Gasteiger partial charge in [-0.1, -0.05) is 6.07 Å². The number of anilines is 1. The van der Waals surface area contributed by atoms with Gasteiger partial charge in [0.2, 0.25) is 0 Å². The number of carbonyl (C=O) groups excluding carboxylic acids is 2. The molecule has 0 aromatic heterocycles. The number of ether oxygens (including phenoxy) is 2. The van der Waals surface area contributed by atoms with Crippen molar-refractivity contribution in [2.24, 2.45) is 5.73 Å². The van der Waals surface area contributed by atoms with E-state index in [0.717, 1.165) is 5.56 Å². The normalized spacial score (nSPS) is 13.8. The van der Waals surface area contributed by atoms with Crippen molar-refractivity contribution >= 4 is 17.6 Å². The fourth-order valence-electron chi connectivity index (χ4n) is 1.88. The summed E-state index contributed by atoms with van der Waals surface area (Å²) in [6, 6.07) is 5.31. The van der Waals surface area contributed by atoms with Gasteiger partial charge in [-0.2, -0.15) is 0 Å². The Hall–Kier alpha value is -2.08. The molecule has 0 spiro atoms. The zero-order chi connectivity index (χ0) is 13.8. The minimum absolute atomic E-state index is 0.0829. The molecule has 19 heavy (non-hydrogen) atoms. The maximum absolute atomic E-state index is 11.8. The Morgan fingerprint density at radius 3 is 3.00 bits per heavy atom. The fourth-order valence-corrected chi connectivity index (χ4v) is 1.88. The Kier molecular flexibility index (Phi) is 4.01. The molecule has 0 aliphatic carbocycles. The first-order valence-electron chi connectivity index (χ1n) is 6.07. The van der Waals surface area contributed by atoms with E-state index >= 15 is 0 Å². The molecule has 0 radical (unpaired) electrons.